The minimum atomic E-state index is -4.67. The van der Waals surface area contributed by atoms with Crippen molar-refractivity contribution in [1.82, 2.24) is 14.8 Å². The van der Waals surface area contributed by atoms with E-state index in [2.05, 4.69) is 39.1 Å². The summed E-state index contributed by atoms with van der Waals surface area (Å²) in [6.07, 6.45) is 5.94. The third-order valence-corrected chi connectivity index (χ3v) is 15.6. The van der Waals surface area contributed by atoms with Gasteiger partial charge in [-0.25, -0.2) is 4.79 Å². The van der Waals surface area contributed by atoms with Crippen molar-refractivity contribution in [3.8, 4) is 5.75 Å². The molecule has 10 atom stereocenters. The number of carbonyl (C=O) groups is 3. The van der Waals surface area contributed by atoms with Gasteiger partial charge in [0.15, 0.2) is 6.10 Å². The van der Waals surface area contributed by atoms with Crippen LogP contribution in [-0.2, 0) is 56.2 Å². The Bertz CT molecular complexity index is 2500. The number of aromatic amines is 1. The van der Waals surface area contributed by atoms with E-state index in [4.69, 9.17) is 36.5 Å². The molecule has 18 heteroatoms. The Balaban J connectivity index is 0.00000106. The van der Waals surface area contributed by atoms with E-state index in [9.17, 15) is 19.8 Å². The number of piperidine rings is 1. The van der Waals surface area contributed by atoms with E-state index in [-0.39, 0.29) is 12.0 Å². The van der Waals surface area contributed by atoms with E-state index in [1.165, 1.54) is 21.1 Å². The molecule has 0 radical (unpaired) electrons. The van der Waals surface area contributed by atoms with Gasteiger partial charge in [-0.1, -0.05) is 44.2 Å². The van der Waals surface area contributed by atoms with Gasteiger partial charge in [0.1, 0.15) is 11.2 Å². The molecule has 2 saturated heterocycles. The Hall–Kier alpha value is -4.56. The first-order valence-corrected chi connectivity index (χ1v) is 23.3. The molecule has 1 saturated carbocycles. The monoisotopic (exact) mass is 908 g/mol. The highest BCUT2D eigenvalue weighted by atomic mass is 32.3. The number of rotatable bonds is 7. The Morgan fingerprint density at radius 1 is 0.938 bits per heavy atom. The minimum absolute atomic E-state index is 0.0986. The average Bonchev–Trinajstić information content (AvgIpc) is 3.92. The van der Waals surface area contributed by atoms with Crippen LogP contribution in [0.4, 0.5) is 5.69 Å². The fourth-order valence-corrected chi connectivity index (χ4v) is 13.5. The molecule has 6 heterocycles. The van der Waals surface area contributed by atoms with Crippen LogP contribution in [-0.4, -0.2) is 151 Å². The second-order valence-electron chi connectivity index (χ2n) is 18.7. The van der Waals surface area contributed by atoms with Crippen molar-refractivity contribution in [1.29, 1.82) is 0 Å². The summed E-state index contributed by atoms with van der Waals surface area (Å²) in [7, 11) is 1.49. The number of aliphatic hydroxyl groups is 2. The van der Waals surface area contributed by atoms with Gasteiger partial charge in [-0.2, -0.15) is 8.42 Å². The maximum Gasteiger partial charge on any atom is 0.394 e. The lowest BCUT2D eigenvalue weighted by Crippen LogP contribution is -2.81. The molecule has 2 aromatic carbocycles. The number of ether oxygens (including phenoxy) is 4. The first-order chi connectivity index (χ1) is 30.2. The molecule has 3 aromatic rings. The molecule has 5 aliphatic heterocycles. The first kappa shape index (κ1) is 46.0. The number of carbonyl (C=O) groups excluding carboxylic acids is 3. The molecule has 1 spiro atoms. The Labute approximate surface area is 373 Å². The number of hydrogen-bond donors (Lipinski definition) is 5. The SMILES string of the molecule is CC[C@]1(O)CC2CN(CCc3c([nH]c4ccccc34)[C@@](C(=O)OC)(c3cc4c(cc3OC)N(C)[C@H]3[C@@](O)(C(=O)OC)[C@H](OC(C)=O)[C@]5(CC)C=CCN6CC[C@]43[C@@H]65)C2)C1.O=S(=O)(O)O. The van der Waals surface area contributed by atoms with Crippen molar-refractivity contribution in [2.75, 3.05) is 66.0 Å². The number of methoxy groups -OCH3 is 3. The van der Waals surface area contributed by atoms with Gasteiger partial charge in [-0.15, -0.1) is 0 Å². The fraction of sp³-hybridized carbons (Fsp3) is 0.587. The van der Waals surface area contributed by atoms with Crippen LogP contribution in [0.15, 0.2) is 48.6 Å². The van der Waals surface area contributed by atoms with Crippen molar-refractivity contribution >= 4 is 44.9 Å². The molecular formula is C46H60N4O13S. The highest BCUT2D eigenvalue weighted by Gasteiger charge is 2.80. The molecular weight excluding hydrogens is 849 g/mol. The summed E-state index contributed by atoms with van der Waals surface area (Å²) < 4.78 is 55.5. The lowest BCUT2D eigenvalue weighted by molar-refractivity contribution is -0.228. The van der Waals surface area contributed by atoms with E-state index in [0.29, 0.717) is 82.6 Å². The predicted molar refractivity (Wildman–Crippen MR) is 235 cm³/mol. The van der Waals surface area contributed by atoms with E-state index in [1.54, 1.807) is 7.11 Å². The van der Waals surface area contributed by atoms with Crippen LogP contribution < -0.4 is 9.64 Å². The lowest BCUT2D eigenvalue weighted by Gasteiger charge is -2.63. The highest BCUT2D eigenvalue weighted by molar-refractivity contribution is 7.79. The van der Waals surface area contributed by atoms with Crippen molar-refractivity contribution in [2.24, 2.45) is 11.3 Å². The maximum absolute atomic E-state index is 15.3. The molecule has 1 aliphatic carbocycles. The first-order valence-electron chi connectivity index (χ1n) is 21.9. The number of esters is 3. The number of aromatic nitrogens is 1. The number of hydrogen-bond acceptors (Lipinski definition) is 14. The Morgan fingerprint density at radius 2 is 1.64 bits per heavy atom. The van der Waals surface area contributed by atoms with Gasteiger partial charge in [-0.3, -0.25) is 28.5 Å². The van der Waals surface area contributed by atoms with Gasteiger partial charge in [0, 0.05) is 90.9 Å². The molecule has 2 unspecified atom stereocenters. The Morgan fingerprint density at radius 3 is 2.28 bits per heavy atom. The van der Waals surface area contributed by atoms with Crippen LogP contribution >= 0.6 is 0 Å². The molecule has 2 bridgehead atoms. The number of H-pyrrole nitrogens is 1. The second-order valence-corrected chi connectivity index (χ2v) is 19.5. The number of nitrogens with one attached hydrogen (secondary N) is 1. The summed E-state index contributed by atoms with van der Waals surface area (Å²) in [5, 5.41) is 26.3. The molecule has 348 valence electrons. The summed E-state index contributed by atoms with van der Waals surface area (Å²) >= 11 is 0. The number of anilines is 1. The van der Waals surface area contributed by atoms with Crippen LogP contribution in [0.5, 0.6) is 5.75 Å². The molecule has 3 fully saturated rings. The molecule has 1 aromatic heterocycles. The zero-order valence-electron chi connectivity index (χ0n) is 37.4. The van der Waals surface area contributed by atoms with Crippen LogP contribution in [0.3, 0.4) is 0 Å². The van der Waals surface area contributed by atoms with Crippen LogP contribution in [0.1, 0.15) is 75.3 Å². The van der Waals surface area contributed by atoms with Crippen LogP contribution in [0, 0.1) is 11.3 Å². The van der Waals surface area contributed by atoms with Gasteiger partial charge >= 0.3 is 28.3 Å². The summed E-state index contributed by atoms with van der Waals surface area (Å²) in [5.74, 6) is -1.56. The van der Waals surface area contributed by atoms with Gasteiger partial charge in [0.2, 0.25) is 5.60 Å². The second kappa shape index (κ2) is 16.1. The zero-order valence-corrected chi connectivity index (χ0v) is 38.2. The Kier molecular flexibility index (Phi) is 11.6. The third kappa shape index (κ3) is 6.69. The molecule has 5 N–H and O–H groups in total. The summed E-state index contributed by atoms with van der Waals surface area (Å²) in [4.78, 5) is 53.2. The minimum Gasteiger partial charge on any atom is -0.496 e. The molecule has 9 rings (SSSR count). The largest absolute Gasteiger partial charge is 0.496 e. The highest BCUT2D eigenvalue weighted by Crippen LogP contribution is 2.68. The fourth-order valence-electron chi connectivity index (χ4n) is 13.5. The van der Waals surface area contributed by atoms with Gasteiger partial charge in [-0.05, 0) is 74.2 Å². The molecule has 17 nitrogen and oxygen atoms in total. The van der Waals surface area contributed by atoms with Gasteiger partial charge in [0.05, 0.1) is 33.0 Å². The lowest BCUT2D eigenvalue weighted by atomic mass is 9.47. The van der Waals surface area contributed by atoms with Crippen molar-refractivity contribution in [3.63, 3.8) is 0 Å². The van der Waals surface area contributed by atoms with Crippen molar-refractivity contribution in [3.05, 3.63) is 70.9 Å². The number of para-hydroxylation sites is 1. The van der Waals surface area contributed by atoms with Crippen molar-refractivity contribution < 1.29 is 61.1 Å². The maximum atomic E-state index is 15.3. The standard InChI is InChI=1S/C46H58N4O9.H2O4S/c1-8-42(54)23-28-24-45(40(52)57-6,36-30(15-19-49(25-28)26-42)29-13-10-11-14-33(29)47-36)32-21-31-34(22-35(32)56-5)48(4)38-44(31)17-20-50-18-12-16-43(9-2,37(44)50)39(59-27(3)51)46(38,55)41(53)58-7;1-5(2,3)4/h10-14,16,21-22,28,37-39,47,54-55H,8-9,15,17-20,23-26H2,1-7H3;(H2,1,2,3,4)/t28?,37-,38+,39+,42-,43+,44+,45-,46-;/m0./s1. The molecule has 0 amide bonds. The number of likely N-dealkylation sites (N-methyl/N-ethyl adjacent to an activating group) is 1. The van der Waals surface area contributed by atoms with E-state index in [0.717, 1.165) is 33.4 Å². The van der Waals surface area contributed by atoms with Gasteiger partial charge < -0.3 is 39.0 Å². The topological polar surface area (TPSA) is 229 Å². The number of benzene rings is 2. The van der Waals surface area contributed by atoms with Crippen LogP contribution in [0.2, 0.25) is 0 Å². The summed E-state index contributed by atoms with van der Waals surface area (Å²) in [5.41, 5.74) is -1.62. The summed E-state index contributed by atoms with van der Waals surface area (Å²) in [6, 6.07) is 11.0. The third-order valence-electron chi connectivity index (χ3n) is 15.6. The predicted octanol–water partition coefficient (Wildman–Crippen LogP) is 3.34. The van der Waals surface area contributed by atoms with E-state index in [1.807, 2.05) is 50.1 Å². The smallest absolute Gasteiger partial charge is 0.394 e. The number of nitrogens with zero attached hydrogens (tertiary/aromatic N) is 3. The van der Waals surface area contributed by atoms with Gasteiger partial charge in [0.25, 0.3) is 0 Å². The average molecular weight is 909 g/mol. The van der Waals surface area contributed by atoms with E-state index < -0.39 is 67.9 Å². The van der Waals surface area contributed by atoms with Crippen molar-refractivity contribution in [2.45, 2.75) is 99.5 Å². The zero-order chi connectivity index (χ0) is 46.4. The number of fused-ring (bicyclic) bond motifs is 6. The molecule has 6 aliphatic rings. The van der Waals surface area contributed by atoms with E-state index >= 15 is 4.79 Å². The quantitative estimate of drug-likeness (QED) is 0.0992. The summed E-state index contributed by atoms with van der Waals surface area (Å²) in [6.45, 7) is 8.62. The van der Waals surface area contributed by atoms with Crippen LogP contribution in [0.25, 0.3) is 10.9 Å². The normalized spacial score (nSPS) is 35.0. The molecule has 64 heavy (non-hydrogen) atoms.